The molecule has 3 rings (SSSR count). The van der Waals surface area contributed by atoms with E-state index in [0.717, 1.165) is 35.4 Å². The fourth-order valence-electron chi connectivity index (χ4n) is 2.72. The number of nitro benzene ring substituents is 1. The number of sulfone groups is 1. The Labute approximate surface area is 168 Å². The summed E-state index contributed by atoms with van der Waals surface area (Å²) >= 11 is 0. The molecule has 0 aliphatic rings. The molecule has 8 heteroatoms. The molecule has 0 fully saturated rings. The third-order valence-electron chi connectivity index (χ3n) is 4.47. The van der Waals surface area contributed by atoms with Crippen molar-refractivity contribution in [3.05, 3.63) is 89.0 Å². The average molecular weight is 410 g/mol. The Morgan fingerprint density at radius 1 is 0.897 bits per heavy atom. The van der Waals surface area contributed by atoms with Crippen molar-refractivity contribution in [2.24, 2.45) is 0 Å². The molecule has 0 aromatic heterocycles. The van der Waals surface area contributed by atoms with E-state index in [1.165, 1.54) is 6.92 Å². The van der Waals surface area contributed by atoms with Gasteiger partial charge in [0.05, 0.1) is 9.82 Å². The number of anilines is 1. The summed E-state index contributed by atoms with van der Waals surface area (Å²) in [6.45, 7) is 1.28. The van der Waals surface area contributed by atoms with Gasteiger partial charge in [-0.1, -0.05) is 42.5 Å². The number of carbonyl (C=O) groups is 1. The predicted octanol–water partition coefficient (Wildman–Crippen LogP) is 4.06. The zero-order valence-electron chi connectivity index (χ0n) is 15.5. The molecule has 1 N–H and O–H groups in total. The summed E-state index contributed by atoms with van der Waals surface area (Å²) < 4.78 is 25.3. The average Bonchev–Trinajstić information content (AvgIpc) is 2.74. The molecule has 0 aliphatic heterocycles. The number of nitro groups is 1. The molecule has 0 unspecified atom stereocenters. The lowest BCUT2D eigenvalue weighted by Gasteiger charge is -2.14. The molecular weight excluding hydrogens is 392 g/mol. The van der Waals surface area contributed by atoms with Crippen LogP contribution in [-0.2, 0) is 14.6 Å². The molecule has 0 bridgehead atoms. The molecule has 1 amide bonds. The van der Waals surface area contributed by atoms with Crippen molar-refractivity contribution >= 4 is 27.1 Å². The normalized spacial score (nSPS) is 12.2. The second-order valence-corrected chi connectivity index (χ2v) is 8.64. The first-order chi connectivity index (χ1) is 13.8. The highest BCUT2D eigenvalue weighted by Crippen LogP contribution is 2.23. The van der Waals surface area contributed by atoms with Gasteiger partial charge in [-0.3, -0.25) is 14.9 Å². The number of rotatable bonds is 6. The number of nitrogens with zero attached hydrogens (tertiary/aromatic N) is 1. The summed E-state index contributed by atoms with van der Waals surface area (Å²) in [7, 11) is -3.99. The van der Waals surface area contributed by atoms with Gasteiger partial charge in [0.1, 0.15) is 5.25 Å². The Kier molecular flexibility index (Phi) is 5.74. The highest BCUT2D eigenvalue weighted by molar-refractivity contribution is 7.92. The van der Waals surface area contributed by atoms with Gasteiger partial charge in [0.15, 0.2) is 9.84 Å². The quantitative estimate of drug-likeness (QED) is 0.487. The lowest BCUT2D eigenvalue weighted by molar-refractivity contribution is -0.384. The number of hydrogen-bond donors (Lipinski definition) is 1. The minimum absolute atomic E-state index is 0.148. The van der Waals surface area contributed by atoms with E-state index < -0.39 is 25.9 Å². The van der Waals surface area contributed by atoms with Crippen molar-refractivity contribution in [2.75, 3.05) is 5.32 Å². The number of amides is 1. The van der Waals surface area contributed by atoms with Crippen LogP contribution >= 0.6 is 0 Å². The molecule has 0 saturated carbocycles. The first kappa shape index (κ1) is 20.2. The smallest absolute Gasteiger partial charge is 0.269 e. The molecule has 0 saturated heterocycles. The summed E-state index contributed by atoms with van der Waals surface area (Å²) in [5, 5.41) is 12.0. The van der Waals surface area contributed by atoms with Gasteiger partial charge in [-0.05, 0) is 42.3 Å². The maximum Gasteiger partial charge on any atom is 0.269 e. The van der Waals surface area contributed by atoms with Gasteiger partial charge in [0, 0.05) is 17.8 Å². The van der Waals surface area contributed by atoms with Gasteiger partial charge in [-0.15, -0.1) is 0 Å². The minimum Gasteiger partial charge on any atom is -0.325 e. The van der Waals surface area contributed by atoms with E-state index in [-0.39, 0.29) is 10.6 Å². The Bertz CT molecular complexity index is 1130. The van der Waals surface area contributed by atoms with E-state index in [1.54, 1.807) is 12.1 Å². The van der Waals surface area contributed by atoms with Crippen molar-refractivity contribution in [3.63, 3.8) is 0 Å². The predicted molar refractivity (Wildman–Crippen MR) is 110 cm³/mol. The van der Waals surface area contributed by atoms with Crippen LogP contribution in [0.3, 0.4) is 0 Å². The zero-order chi connectivity index (χ0) is 21.0. The van der Waals surface area contributed by atoms with Gasteiger partial charge in [0.2, 0.25) is 5.91 Å². The Morgan fingerprint density at radius 2 is 1.45 bits per heavy atom. The third-order valence-corrected chi connectivity index (χ3v) is 6.54. The fraction of sp³-hybridized carbons (Fsp3) is 0.0952. The highest BCUT2D eigenvalue weighted by atomic mass is 32.2. The molecule has 7 nitrogen and oxygen atoms in total. The van der Waals surface area contributed by atoms with E-state index in [0.29, 0.717) is 5.69 Å². The molecule has 0 radical (unpaired) electrons. The SMILES string of the molecule is C[C@@H](C(=O)Nc1ccc(-c2ccccc2)cc1)S(=O)(=O)c1ccc([N+](=O)[O-])cc1. The number of benzene rings is 3. The molecule has 3 aromatic carbocycles. The van der Waals surface area contributed by atoms with Crippen LogP contribution in [0.15, 0.2) is 83.8 Å². The molecule has 0 aliphatic carbocycles. The van der Waals surface area contributed by atoms with Crippen molar-refractivity contribution in [2.45, 2.75) is 17.1 Å². The van der Waals surface area contributed by atoms with Crippen LogP contribution in [0, 0.1) is 10.1 Å². The molecule has 3 aromatic rings. The monoisotopic (exact) mass is 410 g/mol. The van der Waals surface area contributed by atoms with E-state index in [1.807, 2.05) is 42.5 Å². The number of nitrogens with one attached hydrogen (secondary N) is 1. The molecule has 1 atom stereocenters. The van der Waals surface area contributed by atoms with Crippen molar-refractivity contribution < 1.29 is 18.1 Å². The van der Waals surface area contributed by atoms with Crippen molar-refractivity contribution in [3.8, 4) is 11.1 Å². The number of carbonyl (C=O) groups excluding carboxylic acids is 1. The number of non-ortho nitro benzene ring substituents is 1. The Hall–Kier alpha value is -3.52. The van der Waals surface area contributed by atoms with Crippen LogP contribution in [0.1, 0.15) is 6.92 Å². The summed E-state index contributed by atoms with van der Waals surface area (Å²) in [6.07, 6.45) is 0. The van der Waals surface area contributed by atoms with Gasteiger partial charge in [-0.25, -0.2) is 8.42 Å². The molecule has 148 valence electrons. The van der Waals surface area contributed by atoms with Crippen LogP contribution in [-0.4, -0.2) is 24.5 Å². The van der Waals surface area contributed by atoms with Crippen LogP contribution in [0.5, 0.6) is 0 Å². The maximum atomic E-state index is 12.7. The second-order valence-electron chi connectivity index (χ2n) is 6.37. The standard InChI is InChI=1S/C21H18N2O5S/c1-15(29(27,28)20-13-11-19(12-14-20)23(25)26)21(24)22-18-9-7-17(8-10-18)16-5-3-2-4-6-16/h2-15H,1H3,(H,22,24)/t15-/m0/s1. The first-order valence-corrected chi connectivity index (χ1v) is 10.3. The summed E-state index contributed by atoms with van der Waals surface area (Å²) in [4.78, 5) is 22.4. The van der Waals surface area contributed by atoms with Gasteiger partial charge < -0.3 is 5.32 Å². The second kappa shape index (κ2) is 8.24. The Morgan fingerprint density at radius 3 is 2.00 bits per heavy atom. The summed E-state index contributed by atoms with van der Waals surface area (Å²) in [6, 6.07) is 21.2. The lowest BCUT2D eigenvalue weighted by Crippen LogP contribution is -2.32. The van der Waals surface area contributed by atoms with Crippen LogP contribution < -0.4 is 5.32 Å². The fourth-order valence-corrected chi connectivity index (χ4v) is 3.99. The van der Waals surface area contributed by atoms with Gasteiger partial charge >= 0.3 is 0 Å². The highest BCUT2D eigenvalue weighted by Gasteiger charge is 2.30. The molecule has 29 heavy (non-hydrogen) atoms. The van der Waals surface area contributed by atoms with Gasteiger partial charge in [0.25, 0.3) is 5.69 Å². The van der Waals surface area contributed by atoms with E-state index in [9.17, 15) is 23.3 Å². The van der Waals surface area contributed by atoms with E-state index in [4.69, 9.17) is 0 Å². The van der Waals surface area contributed by atoms with Crippen LogP contribution in [0.2, 0.25) is 0 Å². The van der Waals surface area contributed by atoms with Crippen LogP contribution in [0.25, 0.3) is 11.1 Å². The molecule has 0 heterocycles. The van der Waals surface area contributed by atoms with Gasteiger partial charge in [-0.2, -0.15) is 0 Å². The largest absolute Gasteiger partial charge is 0.325 e. The topological polar surface area (TPSA) is 106 Å². The minimum atomic E-state index is -3.99. The molecular formula is C21H18N2O5S. The zero-order valence-corrected chi connectivity index (χ0v) is 16.3. The summed E-state index contributed by atoms with van der Waals surface area (Å²) in [5.41, 5.74) is 2.25. The Balaban J connectivity index is 1.73. The van der Waals surface area contributed by atoms with Crippen LogP contribution in [0.4, 0.5) is 11.4 Å². The molecule has 0 spiro atoms. The van der Waals surface area contributed by atoms with E-state index >= 15 is 0 Å². The van der Waals surface area contributed by atoms with Crippen molar-refractivity contribution in [1.82, 2.24) is 0 Å². The van der Waals surface area contributed by atoms with Crippen molar-refractivity contribution in [1.29, 1.82) is 0 Å². The lowest BCUT2D eigenvalue weighted by atomic mass is 10.1. The third kappa shape index (κ3) is 4.49. The maximum absolute atomic E-state index is 12.7. The number of hydrogen-bond acceptors (Lipinski definition) is 5. The summed E-state index contributed by atoms with van der Waals surface area (Å²) in [5.74, 6) is -0.684. The first-order valence-electron chi connectivity index (χ1n) is 8.74. The van der Waals surface area contributed by atoms with E-state index in [2.05, 4.69) is 5.32 Å².